The first-order valence-electron chi connectivity index (χ1n) is 6.08. The summed E-state index contributed by atoms with van der Waals surface area (Å²) in [6.45, 7) is 2.53. The maximum absolute atomic E-state index is 11.9. The Morgan fingerprint density at radius 2 is 1.79 bits per heavy atom. The first-order valence-corrected chi connectivity index (χ1v) is 6.87. The van der Waals surface area contributed by atoms with Gasteiger partial charge in [-0.3, -0.25) is 4.79 Å². The molecule has 98 valence electrons. The minimum atomic E-state index is 0.00653. The fourth-order valence-corrected chi connectivity index (χ4v) is 2.09. The van der Waals surface area contributed by atoms with E-state index in [9.17, 15) is 4.79 Å². The van der Waals surface area contributed by atoms with Crippen LogP contribution < -0.4 is 0 Å². The lowest BCUT2D eigenvalue weighted by Gasteiger charge is -2.06. The average molecular weight is 319 g/mol. The molecule has 0 spiro atoms. The molecule has 2 aromatic rings. The maximum Gasteiger partial charge on any atom is 0.188 e. The van der Waals surface area contributed by atoms with Crippen LogP contribution in [0.5, 0.6) is 0 Å². The van der Waals surface area contributed by atoms with Crippen LogP contribution in [-0.2, 0) is 11.3 Å². The van der Waals surface area contributed by atoms with Gasteiger partial charge in [0.2, 0.25) is 0 Å². The van der Waals surface area contributed by atoms with E-state index in [1.807, 2.05) is 55.5 Å². The molecule has 2 nitrogen and oxygen atoms in total. The Bertz CT molecular complexity index is 561. The second-order valence-corrected chi connectivity index (χ2v) is 5.23. The molecule has 0 aliphatic heterocycles. The first kappa shape index (κ1) is 14.0. The Kier molecular flexibility index (Phi) is 4.88. The van der Waals surface area contributed by atoms with Crippen LogP contribution >= 0.6 is 15.9 Å². The Morgan fingerprint density at radius 3 is 2.47 bits per heavy atom. The molecule has 3 heteroatoms. The molecule has 0 saturated heterocycles. The smallest absolute Gasteiger partial charge is 0.188 e. The number of ketones is 1. The van der Waals surface area contributed by atoms with E-state index < -0.39 is 0 Å². The van der Waals surface area contributed by atoms with Gasteiger partial charge in [0.25, 0.3) is 0 Å². The topological polar surface area (TPSA) is 26.3 Å². The molecule has 0 atom stereocenters. The molecular formula is C16H15BrO2. The van der Waals surface area contributed by atoms with Crippen molar-refractivity contribution in [3.63, 3.8) is 0 Å². The number of carbonyl (C=O) groups excluding carboxylic acids is 1. The van der Waals surface area contributed by atoms with Crippen LogP contribution in [0, 0.1) is 6.92 Å². The molecule has 0 N–H and O–H groups in total. The highest BCUT2D eigenvalue weighted by Gasteiger charge is 2.06. The summed E-state index contributed by atoms with van der Waals surface area (Å²) in [5.41, 5.74) is 2.88. The quantitative estimate of drug-likeness (QED) is 0.774. The number of halogens is 1. The van der Waals surface area contributed by atoms with E-state index >= 15 is 0 Å². The number of aryl methyl sites for hydroxylation is 1. The summed E-state index contributed by atoms with van der Waals surface area (Å²) in [5.74, 6) is 0.00653. The van der Waals surface area contributed by atoms with Gasteiger partial charge in [0.05, 0.1) is 6.61 Å². The van der Waals surface area contributed by atoms with E-state index in [4.69, 9.17) is 4.74 Å². The lowest BCUT2D eigenvalue weighted by Crippen LogP contribution is -2.09. The van der Waals surface area contributed by atoms with E-state index in [-0.39, 0.29) is 12.4 Å². The highest BCUT2D eigenvalue weighted by Crippen LogP contribution is 2.16. The van der Waals surface area contributed by atoms with Crippen LogP contribution in [0.4, 0.5) is 0 Å². The van der Waals surface area contributed by atoms with Crippen LogP contribution in [0.3, 0.4) is 0 Å². The number of ether oxygens (including phenoxy) is 1. The molecule has 0 saturated carbocycles. The predicted octanol–water partition coefficient (Wildman–Crippen LogP) is 4.16. The van der Waals surface area contributed by atoms with Crippen molar-refractivity contribution in [2.75, 3.05) is 6.61 Å². The zero-order valence-corrected chi connectivity index (χ0v) is 12.3. The van der Waals surface area contributed by atoms with Crippen molar-refractivity contribution < 1.29 is 9.53 Å². The summed E-state index contributed by atoms with van der Waals surface area (Å²) in [5, 5.41) is 0. The first-order chi connectivity index (χ1) is 9.16. The van der Waals surface area contributed by atoms with Crippen molar-refractivity contribution in [3.8, 4) is 0 Å². The lowest BCUT2D eigenvalue weighted by molar-refractivity contribution is 0.0725. The SMILES string of the molecule is Cc1ccc(C(=O)COCc2ccccc2Br)cc1. The molecule has 0 fully saturated rings. The molecule has 2 rings (SSSR count). The van der Waals surface area contributed by atoms with Gasteiger partial charge in [-0.2, -0.15) is 0 Å². The predicted molar refractivity (Wildman–Crippen MR) is 79.3 cm³/mol. The van der Waals surface area contributed by atoms with Gasteiger partial charge in [-0.1, -0.05) is 64.0 Å². The van der Waals surface area contributed by atoms with Crippen molar-refractivity contribution in [1.29, 1.82) is 0 Å². The fraction of sp³-hybridized carbons (Fsp3) is 0.188. The zero-order valence-electron chi connectivity index (χ0n) is 10.7. The third-order valence-electron chi connectivity index (χ3n) is 2.82. The molecule has 0 heterocycles. The maximum atomic E-state index is 11.9. The summed E-state index contributed by atoms with van der Waals surface area (Å²) in [6.07, 6.45) is 0. The summed E-state index contributed by atoms with van der Waals surface area (Å²) in [6, 6.07) is 15.4. The van der Waals surface area contributed by atoms with Crippen LogP contribution in [0.25, 0.3) is 0 Å². The third-order valence-corrected chi connectivity index (χ3v) is 3.60. The molecule has 0 aliphatic rings. The fourth-order valence-electron chi connectivity index (χ4n) is 1.69. The largest absolute Gasteiger partial charge is 0.369 e. The number of Topliss-reactive ketones (excluding diaryl/α,β-unsaturated/α-hetero) is 1. The second kappa shape index (κ2) is 6.64. The third kappa shape index (κ3) is 4.01. The molecule has 0 aromatic heterocycles. The normalized spacial score (nSPS) is 10.4. The Hall–Kier alpha value is -1.45. The lowest BCUT2D eigenvalue weighted by atomic mass is 10.1. The molecule has 0 unspecified atom stereocenters. The van der Waals surface area contributed by atoms with Gasteiger partial charge in [0, 0.05) is 10.0 Å². The van der Waals surface area contributed by atoms with Crippen LogP contribution in [0.2, 0.25) is 0 Å². The van der Waals surface area contributed by atoms with E-state index in [1.54, 1.807) is 0 Å². The van der Waals surface area contributed by atoms with Gasteiger partial charge in [-0.25, -0.2) is 0 Å². The van der Waals surface area contributed by atoms with Gasteiger partial charge in [-0.15, -0.1) is 0 Å². The standard InChI is InChI=1S/C16H15BrO2/c1-12-6-8-13(9-7-12)16(18)11-19-10-14-4-2-3-5-15(14)17/h2-9H,10-11H2,1H3. The monoisotopic (exact) mass is 318 g/mol. The summed E-state index contributed by atoms with van der Waals surface area (Å²) in [7, 11) is 0. The van der Waals surface area contributed by atoms with Crippen LogP contribution in [-0.4, -0.2) is 12.4 Å². The Balaban J connectivity index is 1.88. The molecule has 19 heavy (non-hydrogen) atoms. The molecule has 0 radical (unpaired) electrons. The Labute approximate surface area is 121 Å². The van der Waals surface area contributed by atoms with Gasteiger partial charge in [-0.05, 0) is 18.6 Å². The molecule has 2 aromatic carbocycles. The van der Waals surface area contributed by atoms with Crippen molar-refractivity contribution in [2.24, 2.45) is 0 Å². The minimum absolute atomic E-state index is 0.00653. The van der Waals surface area contributed by atoms with Crippen molar-refractivity contribution in [3.05, 3.63) is 69.7 Å². The second-order valence-electron chi connectivity index (χ2n) is 4.37. The summed E-state index contributed by atoms with van der Waals surface area (Å²) < 4.78 is 6.47. The van der Waals surface area contributed by atoms with Gasteiger partial charge in [0.1, 0.15) is 6.61 Å². The highest BCUT2D eigenvalue weighted by molar-refractivity contribution is 9.10. The average Bonchev–Trinajstić information content (AvgIpc) is 2.41. The highest BCUT2D eigenvalue weighted by atomic mass is 79.9. The van der Waals surface area contributed by atoms with E-state index in [2.05, 4.69) is 15.9 Å². The van der Waals surface area contributed by atoms with Gasteiger partial charge >= 0.3 is 0 Å². The van der Waals surface area contributed by atoms with E-state index in [0.717, 1.165) is 15.6 Å². The van der Waals surface area contributed by atoms with Crippen molar-refractivity contribution in [2.45, 2.75) is 13.5 Å². The van der Waals surface area contributed by atoms with E-state index in [0.29, 0.717) is 12.2 Å². The number of benzene rings is 2. The zero-order chi connectivity index (χ0) is 13.7. The van der Waals surface area contributed by atoms with Crippen molar-refractivity contribution >= 4 is 21.7 Å². The number of hydrogen-bond donors (Lipinski definition) is 0. The minimum Gasteiger partial charge on any atom is -0.369 e. The molecular weight excluding hydrogens is 304 g/mol. The van der Waals surface area contributed by atoms with Gasteiger partial charge < -0.3 is 4.74 Å². The number of rotatable bonds is 5. The van der Waals surface area contributed by atoms with Crippen LogP contribution in [0.15, 0.2) is 53.0 Å². The Morgan fingerprint density at radius 1 is 1.11 bits per heavy atom. The molecule has 0 bridgehead atoms. The van der Waals surface area contributed by atoms with E-state index in [1.165, 1.54) is 0 Å². The van der Waals surface area contributed by atoms with Crippen LogP contribution in [0.1, 0.15) is 21.5 Å². The summed E-state index contributed by atoms with van der Waals surface area (Å²) in [4.78, 5) is 11.9. The molecule has 0 amide bonds. The molecule has 0 aliphatic carbocycles. The number of carbonyl (C=O) groups is 1. The van der Waals surface area contributed by atoms with Crippen molar-refractivity contribution in [1.82, 2.24) is 0 Å². The van der Waals surface area contributed by atoms with Gasteiger partial charge in [0.15, 0.2) is 5.78 Å². The number of hydrogen-bond acceptors (Lipinski definition) is 2. The summed E-state index contributed by atoms with van der Waals surface area (Å²) >= 11 is 3.45.